The van der Waals surface area contributed by atoms with E-state index in [0.717, 1.165) is 26.1 Å². The third-order valence-corrected chi connectivity index (χ3v) is 2.90. The van der Waals surface area contributed by atoms with Crippen LogP contribution in [0.15, 0.2) is 0 Å². The molecule has 0 saturated carbocycles. The van der Waals surface area contributed by atoms with E-state index in [1.165, 1.54) is 6.42 Å². The minimum atomic E-state index is 0.311. The van der Waals surface area contributed by atoms with E-state index in [0.29, 0.717) is 24.3 Å². The smallest absolute Gasteiger partial charge is 0.224 e. The van der Waals surface area contributed by atoms with E-state index in [-0.39, 0.29) is 0 Å². The number of carbonyl (C=O) groups is 1. The van der Waals surface area contributed by atoms with Gasteiger partial charge in [0.2, 0.25) is 5.91 Å². The van der Waals surface area contributed by atoms with E-state index < -0.39 is 0 Å². The van der Waals surface area contributed by atoms with Gasteiger partial charge < -0.3 is 10.2 Å². The molecule has 0 aromatic rings. The fourth-order valence-electron chi connectivity index (χ4n) is 2.12. The van der Waals surface area contributed by atoms with Gasteiger partial charge in [0.25, 0.3) is 0 Å². The quantitative estimate of drug-likeness (QED) is 0.751. The highest BCUT2D eigenvalue weighted by Gasteiger charge is 2.21. The molecule has 1 aliphatic rings. The van der Waals surface area contributed by atoms with Crippen LogP contribution in [-0.4, -0.2) is 36.5 Å². The Kier molecular flexibility index (Phi) is 5.09. The summed E-state index contributed by atoms with van der Waals surface area (Å²) in [6.07, 6.45) is 3.06. The molecule has 0 radical (unpaired) electrons. The Morgan fingerprint density at radius 3 is 2.73 bits per heavy atom. The Bertz CT molecular complexity index is 198. The van der Waals surface area contributed by atoms with Gasteiger partial charge in [0.1, 0.15) is 0 Å². The van der Waals surface area contributed by atoms with Gasteiger partial charge >= 0.3 is 0 Å². The van der Waals surface area contributed by atoms with Crippen molar-refractivity contribution in [1.82, 2.24) is 10.2 Å². The van der Waals surface area contributed by atoms with Crippen molar-refractivity contribution in [2.75, 3.05) is 19.6 Å². The Balaban J connectivity index is 2.34. The fraction of sp³-hybridized carbons (Fsp3) is 0.917. The molecule has 1 fully saturated rings. The van der Waals surface area contributed by atoms with Gasteiger partial charge in [-0.3, -0.25) is 4.79 Å². The first kappa shape index (κ1) is 12.5. The maximum Gasteiger partial charge on any atom is 0.224 e. The lowest BCUT2D eigenvalue weighted by molar-refractivity contribution is -0.132. The molecule has 0 spiro atoms. The molecule has 3 heteroatoms. The molecular weight excluding hydrogens is 188 g/mol. The van der Waals surface area contributed by atoms with Crippen molar-refractivity contribution < 1.29 is 4.79 Å². The van der Waals surface area contributed by atoms with Gasteiger partial charge in [-0.2, -0.15) is 0 Å². The second kappa shape index (κ2) is 6.11. The largest absolute Gasteiger partial charge is 0.343 e. The highest BCUT2D eigenvalue weighted by Crippen LogP contribution is 2.11. The average Bonchev–Trinajstić information content (AvgIpc) is 2.66. The molecule has 15 heavy (non-hydrogen) atoms. The summed E-state index contributed by atoms with van der Waals surface area (Å²) < 4.78 is 0. The molecule has 0 aromatic carbocycles. The van der Waals surface area contributed by atoms with Crippen LogP contribution < -0.4 is 5.32 Å². The maximum atomic E-state index is 12.0. The summed E-state index contributed by atoms with van der Waals surface area (Å²) in [4.78, 5) is 13.9. The van der Waals surface area contributed by atoms with Crippen LogP contribution in [0.5, 0.6) is 0 Å². The van der Waals surface area contributed by atoms with Crippen LogP contribution in [0, 0.1) is 5.92 Å². The zero-order valence-corrected chi connectivity index (χ0v) is 10.3. The third-order valence-electron chi connectivity index (χ3n) is 2.90. The Morgan fingerprint density at radius 1 is 1.53 bits per heavy atom. The molecule has 1 heterocycles. The van der Waals surface area contributed by atoms with E-state index in [9.17, 15) is 4.79 Å². The molecule has 1 saturated heterocycles. The molecule has 3 nitrogen and oxygen atoms in total. The van der Waals surface area contributed by atoms with Gasteiger partial charge in [0, 0.05) is 25.6 Å². The van der Waals surface area contributed by atoms with Crippen LogP contribution in [-0.2, 0) is 4.79 Å². The van der Waals surface area contributed by atoms with Crippen molar-refractivity contribution in [3.05, 3.63) is 0 Å². The van der Waals surface area contributed by atoms with Crippen molar-refractivity contribution in [3.8, 4) is 0 Å². The summed E-state index contributed by atoms with van der Waals surface area (Å²) in [5, 5.41) is 3.37. The second-order valence-electron chi connectivity index (χ2n) is 4.82. The number of hydrogen-bond acceptors (Lipinski definition) is 2. The molecule has 0 aromatic heterocycles. The zero-order chi connectivity index (χ0) is 11.3. The normalized spacial score (nSPS) is 20.9. The Labute approximate surface area is 93.2 Å². The van der Waals surface area contributed by atoms with Gasteiger partial charge in [-0.15, -0.1) is 0 Å². The second-order valence-corrected chi connectivity index (χ2v) is 4.82. The van der Waals surface area contributed by atoms with Crippen LogP contribution in [0.2, 0.25) is 0 Å². The lowest BCUT2D eigenvalue weighted by Gasteiger charge is -2.24. The van der Waals surface area contributed by atoms with Crippen LogP contribution in [0.1, 0.15) is 40.0 Å². The topological polar surface area (TPSA) is 32.3 Å². The van der Waals surface area contributed by atoms with Gasteiger partial charge in [-0.05, 0) is 32.2 Å². The van der Waals surface area contributed by atoms with Gasteiger partial charge in [0.15, 0.2) is 0 Å². The molecule has 0 aliphatic carbocycles. The molecule has 1 amide bonds. The van der Waals surface area contributed by atoms with Gasteiger partial charge in [-0.1, -0.05) is 13.8 Å². The van der Waals surface area contributed by atoms with Crippen LogP contribution in [0.4, 0.5) is 0 Å². The first-order chi connectivity index (χ1) is 7.13. The van der Waals surface area contributed by atoms with E-state index in [4.69, 9.17) is 0 Å². The molecule has 1 N–H and O–H groups in total. The average molecular weight is 212 g/mol. The van der Waals surface area contributed by atoms with Gasteiger partial charge in [0.05, 0.1) is 0 Å². The minimum absolute atomic E-state index is 0.311. The summed E-state index contributed by atoms with van der Waals surface area (Å²) in [5.41, 5.74) is 0. The van der Waals surface area contributed by atoms with Crippen LogP contribution in [0.3, 0.4) is 0 Å². The fourth-order valence-corrected chi connectivity index (χ4v) is 2.12. The number of amides is 1. The molecule has 88 valence electrons. The molecular formula is C12H24N2O. The zero-order valence-electron chi connectivity index (χ0n) is 10.3. The summed E-state index contributed by atoms with van der Waals surface area (Å²) in [6.45, 7) is 9.18. The lowest BCUT2D eigenvalue weighted by atomic mass is 10.1. The molecule has 1 atom stereocenters. The lowest BCUT2D eigenvalue weighted by Crippen LogP contribution is -2.37. The molecule has 1 unspecified atom stereocenters. The first-order valence-corrected chi connectivity index (χ1v) is 6.14. The number of nitrogens with zero attached hydrogens (tertiary/aromatic N) is 1. The Morgan fingerprint density at radius 2 is 2.27 bits per heavy atom. The Hall–Kier alpha value is -0.570. The number of nitrogens with one attached hydrogen (secondary N) is 1. The summed E-state index contributed by atoms with van der Waals surface area (Å²) in [7, 11) is 0. The van der Waals surface area contributed by atoms with Crippen LogP contribution >= 0.6 is 0 Å². The van der Waals surface area contributed by atoms with Crippen molar-refractivity contribution >= 4 is 5.91 Å². The predicted octanol–water partition coefficient (Wildman–Crippen LogP) is 1.63. The van der Waals surface area contributed by atoms with Gasteiger partial charge in [-0.25, -0.2) is 0 Å². The predicted molar refractivity (Wildman–Crippen MR) is 62.7 cm³/mol. The van der Waals surface area contributed by atoms with E-state index in [1.54, 1.807) is 0 Å². The van der Waals surface area contributed by atoms with Crippen molar-refractivity contribution in [2.24, 2.45) is 5.92 Å². The summed E-state index contributed by atoms with van der Waals surface area (Å²) >= 11 is 0. The highest BCUT2D eigenvalue weighted by atomic mass is 16.2. The summed E-state index contributed by atoms with van der Waals surface area (Å²) in [5.74, 6) is 0.871. The first-order valence-electron chi connectivity index (χ1n) is 6.14. The SMILES string of the molecule is CCN(CC(C)C)C(=O)CC1CCCN1. The van der Waals surface area contributed by atoms with Crippen molar-refractivity contribution in [2.45, 2.75) is 46.1 Å². The number of rotatable bonds is 5. The van der Waals surface area contributed by atoms with Crippen molar-refractivity contribution in [3.63, 3.8) is 0 Å². The van der Waals surface area contributed by atoms with Crippen molar-refractivity contribution in [1.29, 1.82) is 0 Å². The molecule has 1 aliphatic heterocycles. The standard InChI is InChI=1S/C12H24N2O/c1-4-14(9-10(2)3)12(15)8-11-6-5-7-13-11/h10-11,13H,4-9H2,1-3H3. The highest BCUT2D eigenvalue weighted by molar-refractivity contribution is 5.76. The van der Waals surface area contributed by atoms with E-state index in [1.807, 2.05) is 4.90 Å². The van der Waals surface area contributed by atoms with E-state index >= 15 is 0 Å². The molecule has 0 bridgehead atoms. The minimum Gasteiger partial charge on any atom is -0.343 e. The van der Waals surface area contributed by atoms with Crippen LogP contribution in [0.25, 0.3) is 0 Å². The third kappa shape index (κ3) is 4.20. The molecule has 1 rings (SSSR count). The number of hydrogen-bond donors (Lipinski definition) is 1. The maximum absolute atomic E-state index is 12.0. The monoisotopic (exact) mass is 212 g/mol. The number of carbonyl (C=O) groups excluding carboxylic acids is 1. The summed E-state index contributed by atoms with van der Waals surface area (Å²) in [6, 6.07) is 0.429. The van der Waals surface area contributed by atoms with E-state index in [2.05, 4.69) is 26.1 Å².